The number of hydrogen-bond donors (Lipinski definition) is 0. The average Bonchev–Trinajstić information content (AvgIpc) is 2.41. The molecular weight excluding hydrogens is 184 g/mol. The molecule has 0 spiro atoms. The molecule has 1 heteroatoms. The molecule has 15 heavy (non-hydrogen) atoms. The average molecular weight is 204 g/mol. The van der Waals surface area contributed by atoms with Crippen molar-refractivity contribution in [3.8, 4) is 0 Å². The standard InChI is InChI=1S/C14H20O/c1-5-7-11(8-6-2)12-9-13(15)14(3,4)10-12/h5-8,12H,1,9-10H2,2-4H3/b8-6-,11-7+. The van der Waals surface area contributed by atoms with Crippen molar-refractivity contribution < 1.29 is 4.79 Å². The Balaban J connectivity index is 2.86. The highest BCUT2D eigenvalue weighted by atomic mass is 16.1. The van der Waals surface area contributed by atoms with Gasteiger partial charge < -0.3 is 0 Å². The first-order valence-corrected chi connectivity index (χ1v) is 5.50. The fraction of sp³-hybridized carbons (Fsp3) is 0.500. The molecule has 0 radical (unpaired) electrons. The molecule has 0 aromatic rings. The minimum Gasteiger partial charge on any atom is -0.299 e. The number of Topliss-reactive ketones (excluding diaryl/α,β-unsaturated/α-hetero) is 1. The summed E-state index contributed by atoms with van der Waals surface area (Å²) < 4.78 is 0. The predicted molar refractivity (Wildman–Crippen MR) is 64.6 cm³/mol. The summed E-state index contributed by atoms with van der Waals surface area (Å²) in [4.78, 5) is 11.7. The molecule has 1 fully saturated rings. The summed E-state index contributed by atoms with van der Waals surface area (Å²) >= 11 is 0. The fourth-order valence-corrected chi connectivity index (χ4v) is 2.19. The van der Waals surface area contributed by atoms with Crippen LogP contribution in [0.2, 0.25) is 0 Å². The third kappa shape index (κ3) is 2.68. The molecule has 0 aromatic carbocycles. The van der Waals surface area contributed by atoms with Gasteiger partial charge in [-0.15, -0.1) is 0 Å². The van der Waals surface area contributed by atoms with Gasteiger partial charge in [-0.2, -0.15) is 0 Å². The van der Waals surface area contributed by atoms with Crippen LogP contribution in [0.25, 0.3) is 0 Å². The fourth-order valence-electron chi connectivity index (χ4n) is 2.19. The molecule has 1 aliphatic carbocycles. The Morgan fingerprint density at radius 1 is 1.53 bits per heavy atom. The number of ketones is 1. The highest BCUT2D eigenvalue weighted by molar-refractivity contribution is 5.87. The van der Waals surface area contributed by atoms with Gasteiger partial charge >= 0.3 is 0 Å². The Labute approximate surface area is 92.6 Å². The lowest BCUT2D eigenvalue weighted by Crippen LogP contribution is -2.15. The van der Waals surface area contributed by atoms with Crippen molar-refractivity contribution in [2.24, 2.45) is 11.3 Å². The highest BCUT2D eigenvalue weighted by Crippen LogP contribution is 2.41. The van der Waals surface area contributed by atoms with Crippen molar-refractivity contribution >= 4 is 5.78 Å². The Kier molecular flexibility index (Phi) is 3.67. The Bertz CT molecular complexity index is 318. The van der Waals surface area contributed by atoms with Crippen molar-refractivity contribution in [3.05, 3.63) is 36.5 Å². The van der Waals surface area contributed by atoms with E-state index in [4.69, 9.17) is 0 Å². The molecular formula is C14H20O. The van der Waals surface area contributed by atoms with E-state index in [1.165, 1.54) is 5.57 Å². The quantitative estimate of drug-likeness (QED) is 0.641. The monoisotopic (exact) mass is 204 g/mol. The van der Waals surface area contributed by atoms with Gasteiger partial charge in [0, 0.05) is 11.8 Å². The molecule has 1 atom stereocenters. The minimum atomic E-state index is -0.146. The van der Waals surface area contributed by atoms with Gasteiger partial charge in [-0.05, 0) is 24.8 Å². The van der Waals surface area contributed by atoms with E-state index >= 15 is 0 Å². The Hall–Kier alpha value is -1.11. The molecule has 1 rings (SSSR count). The second-order valence-corrected chi connectivity index (χ2v) is 4.81. The van der Waals surface area contributed by atoms with Crippen molar-refractivity contribution in [1.29, 1.82) is 0 Å². The van der Waals surface area contributed by atoms with Gasteiger partial charge in [-0.1, -0.05) is 44.7 Å². The number of rotatable bonds is 3. The molecule has 1 aliphatic rings. The number of carbonyl (C=O) groups is 1. The molecule has 0 heterocycles. The normalized spacial score (nSPS) is 26.2. The molecule has 0 aliphatic heterocycles. The highest BCUT2D eigenvalue weighted by Gasteiger charge is 2.39. The number of carbonyl (C=O) groups excluding carboxylic acids is 1. The third-order valence-corrected chi connectivity index (χ3v) is 3.08. The second kappa shape index (κ2) is 4.61. The zero-order valence-corrected chi connectivity index (χ0v) is 9.92. The van der Waals surface area contributed by atoms with Crippen LogP contribution >= 0.6 is 0 Å². The summed E-state index contributed by atoms with van der Waals surface area (Å²) in [7, 11) is 0. The second-order valence-electron chi connectivity index (χ2n) is 4.81. The molecule has 0 bridgehead atoms. The van der Waals surface area contributed by atoms with E-state index in [0.29, 0.717) is 18.1 Å². The maximum Gasteiger partial charge on any atom is 0.139 e. The molecule has 1 nitrogen and oxygen atoms in total. The van der Waals surface area contributed by atoms with E-state index in [1.54, 1.807) is 6.08 Å². The van der Waals surface area contributed by atoms with Gasteiger partial charge in [0.1, 0.15) is 5.78 Å². The van der Waals surface area contributed by atoms with Crippen molar-refractivity contribution in [2.75, 3.05) is 0 Å². The smallest absolute Gasteiger partial charge is 0.139 e. The predicted octanol–water partition coefficient (Wildman–Crippen LogP) is 3.68. The lowest BCUT2D eigenvalue weighted by Gasteiger charge is -2.15. The van der Waals surface area contributed by atoms with E-state index in [0.717, 1.165) is 6.42 Å². The van der Waals surface area contributed by atoms with Crippen molar-refractivity contribution in [1.82, 2.24) is 0 Å². The zero-order chi connectivity index (χ0) is 11.5. The zero-order valence-electron chi connectivity index (χ0n) is 9.92. The molecule has 0 N–H and O–H groups in total. The van der Waals surface area contributed by atoms with E-state index in [1.807, 2.05) is 32.9 Å². The molecule has 82 valence electrons. The molecule has 1 saturated carbocycles. The van der Waals surface area contributed by atoms with Crippen molar-refractivity contribution in [2.45, 2.75) is 33.6 Å². The first-order valence-electron chi connectivity index (χ1n) is 5.50. The van der Waals surface area contributed by atoms with Gasteiger partial charge in [0.05, 0.1) is 0 Å². The maximum atomic E-state index is 11.7. The molecule has 0 saturated heterocycles. The van der Waals surface area contributed by atoms with Crippen LogP contribution in [-0.2, 0) is 4.79 Å². The minimum absolute atomic E-state index is 0.146. The van der Waals surface area contributed by atoms with E-state index in [9.17, 15) is 4.79 Å². The summed E-state index contributed by atoms with van der Waals surface area (Å²) in [5.41, 5.74) is 1.08. The summed E-state index contributed by atoms with van der Waals surface area (Å²) in [6.07, 6.45) is 9.55. The number of hydrogen-bond acceptors (Lipinski definition) is 1. The van der Waals surface area contributed by atoms with Gasteiger partial charge in [0.2, 0.25) is 0 Å². The van der Waals surface area contributed by atoms with Crippen LogP contribution in [0.3, 0.4) is 0 Å². The van der Waals surface area contributed by atoms with E-state index < -0.39 is 0 Å². The molecule has 0 aromatic heterocycles. The lowest BCUT2D eigenvalue weighted by atomic mass is 9.87. The Morgan fingerprint density at radius 3 is 2.60 bits per heavy atom. The summed E-state index contributed by atoms with van der Waals surface area (Å²) in [6, 6.07) is 0. The molecule has 1 unspecified atom stereocenters. The van der Waals surface area contributed by atoms with Crippen LogP contribution in [0.5, 0.6) is 0 Å². The summed E-state index contributed by atoms with van der Waals surface area (Å²) in [6.45, 7) is 9.79. The number of allylic oxidation sites excluding steroid dienone is 5. The van der Waals surface area contributed by atoms with Crippen LogP contribution in [0.4, 0.5) is 0 Å². The van der Waals surface area contributed by atoms with Gasteiger partial charge in [0.15, 0.2) is 0 Å². The van der Waals surface area contributed by atoms with Gasteiger partial charge in [0.25, 0.3) is 0 Å². The lowest BCUT2D eigenvalue weighted by molar-refractivity contribution is -0.124. The SMILES string of the molecule is C=C/C=C(\C=C/C)C1CC(=O)C(C)(C)C1. The summed E-state index contributed by atoms with van der Waals surface area (Å²) in [5, 5.41) is 0. The Morgan fingerprint density at radius 2 is 2.20 bits per heavy atom. The van der Waals surface area contributed by atoms with Crippen molar-refractivity contribution in [3.63, 3.8) is 0 Å². The summed E-state index contributed by atoms with van der Waals surface area (Å²) in [5.74, 6) is 0.758. The topological polar surface area (TPSA) is 17.1 Å². The third-order valence-electron chi connectivity index (χ3n) is 3.08. The van der Waals surface area contributed by atoms with Gasteiger partial charge in [-0.25, -0.2) is 0 Å². The van der Waals surface area contributed by atoms with Crippen LogP contribution in [0.1, 0.15) is 33.6 Å². The largest absolute Gasteiger partial charge is 0.299 e. The maximum absolute atomic E-state index is 11.7. The van der Waals surface area contributed by atoms with Crippen LogP contribution in [0.15, 0.2) is 36.5 Å². The van der Waals surface area contributed by atoms with Crippen LogP contribution < -0.4 is 0 Å². The van der Waals surface area contributed by atoms with Crippen LogP contribution in [0, 0.1) is 11.3 Å². The molecule has 0 amide bonds. The van der Waals surface area contributed by atoms with E-state index in [-0.39, 0.29) is 5.41 Å². The van der Waals surface area contributed by atoms with E-state index in [2.05, 4.69) is 12.7 Å². The first kappa shape index (κ1) is 12.0. The van der Waals surface area contributed by atoms with Gasteiger partial charge in [-0.3, -0.25) is 4.79 Å². The van der Waals surface area contributed by atoms with Crippen LogP contribution in [-0.4, -0.2) is 5.78 Å². The first-order chi connectivity index (χ1) is 7.01.